The first-order valence-electron chi connectivity index (χ1n) is 6.55. The SMILES string of the molecule is OCCOCCN(CCOCCO)c1ccccc1. The number of anilines is 1. The lowest BCUT2D eigenvalue weighted by atomic mass is 10.3. The maximum atomic E-state index is 8.67. The summed E-state index contributed by atoms with van der Waals surface area (Å²) in [4.78, 5) is 2.16. The van der Waals surface area contributed by atoms with Crippen LogP contribution in [-0.4, -0.2) is 62.9 Å². The Hall–Kier alpha value is -1.14. The van der Waals surface area contributed by atoms with Gasteiger partial charge in [0.05, 0.1) is 39.6 Å². The molecule has 0 fully saturated rings. The molecule has 0 aromatic heterocycles. The van der Waals surface area contributed by atoms with Crippen LogP contribution in [0, 0.1) is 0 Å². The van der Waals surface area contributed by atoms with Crippen LogP contribution in [-0.2, 0) is 9.47 Å². The first-order valence-corrected chi connectivity index (χ1v) is 6.55. The molecule has 0 amide bonds. The van der Waals surface area contributed by atoms with Gasteiger partial charge in [-0.2, -0.15) is 0 Å². The normalized spacial score (nSPS) is 10.6. The highest BCUT2D eigenvalue weighted by Gasteiger charge is 2.05. The van der Waals surface area contributed by atoms with Crippen molar-refractivity contribution in [3.8, 4) is 0 Å². The highest BCUT2D eigenvalue weighted by atomic mass is 16.5. The molecule has 5 heteroatoms. The number of aliphatic hydroxyl groups excluding tert-OH is 2. The van der Waals surface area contributed by atoms with Gasteiger partial charge >= 0.3 is 0 Å². The molecule has 2 N–H and O–H groups in total. The van der Waals surface area contributed by atoms with Gasteiger partial charge in [0.25, 0.3) is 0 Å². The Labute approximate surface area is 114 Å². The van der Waals surface area contributed by atoms with Gasteiger partial charge in [0, 0.05) is 18.8 Å². The summed E-state index contributed by atoms with van der Waals surface area (Å²) in [6.07, 6.45) is 0. The molecule has 108 valence electrons. The molecule has 0 spiro atoms. The van der Waals surface area contributed by atoms with E-state index in [1.165, 1.54) is 0 Å². The van der Waals surface area contributed by atoms with E-state index in [-0.39, 0.29) is 13.2 Å². The van der Waals surface area contributed by atoms with E-state index in [4.69, 9.17) is 19.7 Å². The van der Waals surface area contributed by atoms with E-state index < -0.39 is 0 Å². The minimum absolute atomic E-state index is 0.0466. The Morgan fingerprint density at radius 1 is 0.789 bits per heavy atom. The molecule has 0 saturated carbocycles. The second kappa shape index (κ2) is 10.8. The van der Waals surface area contributed by atoms with Gasteiger partial charge in [-0.25, -0.2) is 0 Å². The highest BCUT2D eigenvalue weighted by Crippen LogP contribution is 2.12. The first kappa shape index (κ1) is 15.9. The fraction of sp³-hybridized carbons (Fsp3) is 0.571. The maximum Gasteiger partial charge on any atom is 0.0698 e. The molecule has 0 aliphatic carbocycles. The van der Waals surface area contributed by atoms with Crippen LogP contribution >= 0.6 is 0 Å². The summed E-state index contributed by atoms with van der Waals surface area (Å²) in [5.41, 5.74) is 1.11. The summed E-state index contributed by atoms with van der Waals surface area (Å²) in [7, 11) is 0. The molecule has 0 radical (unpaired) electrons. The predicted octanol–water partition coefficient (Wildman–Crippen LogP) is 0.511. The molecule has 1 rings (SSSR count). The van der Waals surface area contributed by atoms with E-state index >= 15 is 0 Å². The van der Waals surface area contributed by atoms with Gasteiger partial charge in [0.2, 0.25) is 0 Å². The molecule has 19 heavy (non-hydrogen) atoms. The number of nitrogens with zero attached hydrogens (tertiary/aromatic N) is 1. The van der Waals surface area contributed by atoms with Crippen LogP contribution < -0.4 is 4.90 Å². The molecular weight excluding hydrogens is 246 g/mol. The number of benzene rings is 1. The Kier molecular flexibility index (Phi) is 9.01. The summed E-state index contributed by atoms with van der Waals surface area (Å²) < 4.78 is 10.6. The van der Waals surface area contributed by atoms with E-state index in [2.05, 4.69) is 4.90 Å². The molecule has 1 aromatic rings. The van der Waals surface area contributed by atoms with E-state index in [0.717, 1.165) is 18.8 Å². The third-order valence-corrected chi connectivity index (χ3v) is 2.60. The van der Waals surface area contributed by atoms with Crippen LogP contribution in [0.25, 0.3) is 0 Å². The summed E-state index contributed by atoms with van der Waals surface area (Å²) in [5.74, 6) is 0. The van der Waals surface area contributed by atoms with Crippen molar-refractivity contribution in [3.05, 3.63) is 30.3 Å². The smallest absolute Gasteiger partial charge is 0.0698 e. The fourth-order valence-electron chi connectivity index (χ4n) is 1.69. The zero-order chi connectivity index (χ0) is 13.8. The van der Waals surface area contributed by atoms with Gasteiger partial charge in [-0.15, -0.1) is 0 Å². The van der Waals surface area contributed by atoms with Crippen molar-refractivity contribution < 1.29 is 19.7 Å². The molecule has 0 heterocycles. The van der Waals surface area contributed by atoms with E-state index in [9.17, 15) is 0 Å². The topological polar surface area (TPSA) is 62.2 Å². The largest absolute Gasteiger partial charge is 0.394 e. The third kappa shape index (κ3) is 7.12. The van der Waals surface area contributed by atoms with Crippen LogP contribution in [0.1, 0.15) is 0 Å². The van der Waals surface area contributed by atoms with Crippen molar-refractivity contribution >= 4 is 5.69 Å². The lowest BCUT2D eigenvalue weighted by molar-refractivity contribution is 0.0884. The minimum Gasteiger partial charge on any atom is -0.394 e. The lowest BCUT2D eigenvalue weighted by Crippen LogP contribution is -2.31. The fourth-order valence-corrected chi connectivity index (χ4v) is 1.69. The first-order chi connectivity index (χ1) is 9.38. The molecule has 1 aromatic carbocycles. The van der Waals surface area contributed by atoms with Crippen LogP contribution in [0.4, 0.5) is 5.69 Å². The standard InChI is InChI=1S/C14H23NO4/c16-8-12-18-10-6-15(7-11-19-13-9-17)14-4-2-1-3-5-14/h1-5,16-17H,6-13H2. The molecule has 0 aliphatic rings. The minimum atomic E-state index is 0.0466. The van der Waals surface area contributed by atoms with Gasteiger partial charge in [0.15, 0.2) is 0 Å². The van der Waals surface area contributed by atoms with Crippen molar-refractivity contribution in [1.29, 1.82) is 0 Å². The lowest BCUT2D eigenvalue weighted by Gasteiger charge is -2.24. The molecule has 0 atom stereocenters. The van der Waals surface area contributed by atoms with Crippen molar-refractivity contribution in [1.82, 2.24) is 0 Å². The van der Waals surface area contributed by atoms with Crippen molar-refractivity contribution in [2.75, 3.05) is 57.6 Å². The number of ether oxygens (including phenoxy) is 2. The summed E-state index contributed by atoms with van der Waals surface area (Å²) in [6.45, 7) is 3.44. The zero-order valence-electron chi connectivity index (χ0n) is 11.2. The Morgan fingerprint density at radius 3 is 1.79 bits per heavy atom. The van der Waals surface area contributed by atoms with Crippen LogP contribution in [0.5, 0.6) is 0 Å². The second-order valence-corrected chi connectivity index (χ2v) is 3.99. The average Bonchev–Trinajstić information content (AvgIpc) is 2.46. The van der Waals surface area contributed by atoms with Crippen LogP contribution in [0.3, 0.4) is 0 Å². The molecule has 0 unspecified atom stereocenters. The molecular formula is C14H23NO4. The number of rotatable bonds is 11. The average molecular weight is 269 g/mol. The molecule has 0 saturated heterocycles. The Bertz CT molecular complexity index is 296. The third-order valence-electron chi connectivity index (χ3n) is 2.60. The Morgan fingerprint density at radius 2 is 1.32 bits per heavy atom. The number of hydrogen-bond donors (Lipinski definition) is 2. The van der Waals surface area contributed by atoms with Crippen LogP contribution in [0.2, 0.25) is 0 Å². The summed E-state index contributed by atoms with van der Waals surface area (Å²) in [6, 6.07) is 10.0. The summed E-state index contributed by atoms with van der Waals surface area (Å²) in [5, 5.41) is 17.3. The van der Waals surface area contributed by atoms with Gasteiger partial charge in [-0.1, -0.05) is 18.2 Å². The Balaban J connectivity index is 2.39. The van der Waals surface area contributed by atoms with Gasteiger partial charge < -0.3 is 24.6 Å². The number of hydrogen-bond acceptors (Lipinski definition) is 5. The van der Waals surface area contributed by atoms with E-state index in [1.54, 1.807) is 0 Å². The maximum absolute atomic E-state index is 8.67. The van der Waals surface area contributed by atoms with Crippen molar-refractivity contribution in [2.24, 2.45) is 0 Å². The summed E-state index contributed by atoms with van der Waals surface area (Å²) >= 11 is 0. The quantitative estimate of drug-likeness (QED) is 0.573. The van der Waals surface area contributed by atoms with Crippen molar-refractivity contribution in [3.63, 3.8) is 0 Å². The molecule has 0 aliphatic heterocycles. The van der Waals surface area contributed by atoms with Gasteiger partial charge in [-0.3, -0.25) is 0 Å². The molecule has 5 nitrogen and oxygen atoms in total. The zero-order valence-corrected chi connectivity index (χ0v) is 11.2. The predicted molar refractivity (Wildman–Crippen MR) is 74.5 cm³/mol. The van der Waals surface area contributed by atoms with E-state index in [0.29, 0.717) is 26.4 Å². The number of aliphatic hydroxyl groups is 2. The van der Waals surface area contributed by atoms with Gasteiger partial charge in [0.1, 0.15) is 0 Å². The highest BCUT2D eigenvalue weighted by molar-refractivity contribution is 5.45. The van der Waals surface area contributed by atoms with Crippen molar-refractivity contribution in [2.45, 2.75) is 0 Å². The van der Waals surface area contributed by atoms with Crippen LogP contribution in [0.15, 0.2) is 30.3 Å². The van der Waals surface area contributed by atoms with Gasteiger partial charge in [-0.05, 0) is 12.1 Å². The van der Waals surface area contributed by atoms with E-state index in [1.807, 2.05) is 30.3 Å². The molecule has 0 bridgehead atoms. The number of para-hydroxylation sites is 1. The second-order valence-electron chi connectivity index (χ2n) is 3.99. The monoisotopic (exact) mass is 269 g/mol.